The first-order valence-electron chi connectivity index (χ1n) is 8.46. The van der Waals surface area contributed by atoms with Crippen molar-refractivity contribution in [2.75, 3.05) is 7.05 Å². The van der Waals surface area contributed by atoms with Gasteiger partial charge in [-0.25, -0.2) is 8.78 Å². The van der Waals surface area contributed by atoms with E-state index >= 15 is 0 Å². The van der Waals surface area contributed by atoms with Crippen LogP contribution in [0.15, 0.2) is 28.8 Å². The average molecular weight is 411 g/mol. The number of carbonyl (C=O) groups excluding carboxylic acids is 1. The molecule has 0 atom stereocenters. The zero-order chi connectivity index (χ0) is 21.3. The van der Waals surface area contributed by atoms with Crippen LogP contribution in [0.4, 0.5) is 17.6 Å². The van der Waals surface area contributed by atoms with Gasteiger partial charge in [-0.15, -0.1) is 0 Å². The van der Waals surface area contributed by atoms with E-state index in [4.69, 9.17) is 9.15 Å². The average Bonchev–Trinajstić information content (AvgIpc) is 3.28. The Morgan fingerprint density at radius 3 is 2.45 bits per heavy atom. The van der Waals surface area contributed by atoms with Crippen LogP contribution in [0.1, 0.15) is 27.6 Å². The van der Waals surface area contributed by atoms with Crippen LogP contribution < -0.4 is 4.74 Å². The molecule has 3 aromatic rings. The summed E-state index contributed by atoms with van der Waals surface area (Å²) < 4.78 is 65.5. The molecule has 0 N–H and O–H groups in total. The highest BCUT2D eigenvalue weighted by Crippen LogP contribution is 2.27. The van der Waals surface area contributed by atoms with Crippen molar-refractivity contribution in [1.82, 2.24) is 14.7 Å². The number of rotatable bonds is 6. The molecule has 2 heterocycles. The van der Waals surface area contributed by atoms with Crippen LogP contribution in [0, 0.1) is 30.2 Å². The zero-order valence-electron chi connectivity index (χ0n) is 15.8. The molecule has 0 saturated heterocycles. The molecule has 0 saturated carbocycles. The Labute approximate surface area is 163 Å². The normalized spacial score (nSPS) is 11.0. The van der Waals surface area contributed by atoms with Gasteiger partial charge in [-0.1, -0.05) is 0 Å². The Kier molecular flexibility index (Phi) is 5.62. The van der Waals surface area contributed by atoms with Crippen LogP contribution in [-0.4, -0.2) is 27.6 Å². The Balaban J connectivity index is 1.68. The van der Waals surface area contributed by atoms with Crippen LogP contribution in [0.5, 0.6) is 5.75 Å². The summed E-state index contributed by atoms with van der Waals surface area (Å²) in [5, 5.41) is 4.11. The molecule has 0 spiro atoms. The lowest BCUT2D eigenvalue weighted by atomic mass is 10.2. The minimum atomic E-state index is -1.65. The van der Waals surface area contributed by atoms with E-state index < -0.39 is 41.5 Å². The van der Waals surface area contributed by atoms with Crippen LogP contribution >= 0.6 is 0 Å². The Morgan fingerprint density at radius 1 is 1.21 bits per heavy atom. The SMILES string of the molecule is Cc1c(CN(C)C(=O)c2ccc(COc3c(F)c(F)cc(F)c3F)o2)cnn1C. The molecule has 1 aromatic carbocycles. The predicted molar refractivity (Wildman–Crippen MR) is 93.1 cm³/mol. The van der Waals surface area contributed by atoms with E-state index in [1.807, 2.05) is 6.92 Å². The second kappa shape index (κ2) is 7.98. The summed E-state index contributed by atoms with van der Waals surface area (Å²) in [6, 6.07) is 2.81. The highest BCUT2D eigenvalue weighted by atomic mass is 19.2. The van der Waals surface area contributed by atoms with Gasteiger partial charge in [-0.3, -0.25) is 9.48 Å². The van der Waals surface area contributed by atoms with E-state index in [9.17, 15) is 22.4 Å². The summed E-state index contributed by atoms with van der Waals surface area (Å²) in [6.07, 6.45) is 1.65. The van der Waals surface area contributed by atoms with Gasteiger partial charge >= 0.3 is 0 Å². The molecule has 0 unspecified atom stereocenters. The van der Waals surface area contributed by atoms with Crippen molar-refractivity contribution in [3.05, 3.63) is 70.4 Å². The fraction of sp³-hybridized carbons (Fsp3) is 0.263. The molecule has 0 fully saturated rings. The number of benzene rings is 1. The van der Waals surface area contributed by atoms with Crippen molar-refractivity contribution in [1.29, 1.82) is 0 Å². The fourth-order valence-corrected chi connectivity index (χ4v) is 2.61. The smallest absolute Gasteiger partial charge is 0.289 e. The number of hydrogen-bond donors (Lipinski definition) is 0. The number of aryl methyl sites for hydroxylation is 1. The molecular weight excluding hydrogens is 394 g/mol. The summed E-state index contributed by atoms with van der Waals surface area (Å²) in [5.41, 5.74) is 1.77. The first-order chi connectivity index (χ1) is 13.7. The molecule has 29 heavy (non-hydrogen) atoms. The molecule has 2 aromatic heterocycles. The van der Waals surface area contributed by atoms with Gasteiger partial charge in [0.15, 0.2) is 23.1 Å². The number of furan rings is 1. The van der Waals surface area contributed by atoms with Gasteiger partial charge in [0, 0.05) is 38.0 Å². The first-order valence-corrected chi connectivity index (χ1v) is 8.46. The summed E-state index contributed by atoms with van der Waals surface area (Å²) in [4.78, 5) is 13.9. The van der Waals surface area contributed by atoms with Crippen LogP contribution in [0.3, 0.4) is 0 Å². The number of amides is 1. The number of ether oxygens (including phenoxy) is 1. The number of nitrogens with zero attached hydrogens (tertiary/aromatic N) is 3. The molecule has 0 radical (unpaired) electrons. The predicted octanol–water partition coefficient (Wildman–Crippen LogP) is 3.73. The van der Waals surface area contributed by atoms with E-state index in [2.05, 4.69) is 5.10 Å². The quantitative estimate of drug-likeness (QED) is 0.458. The monoisotopic (exact) mass is 411 g/mol. The standard InChI is InChI=1S/C19H17F4N3O3/c1-10-11(7-24-26(10)3)8-25(2)19(27)15-5-4-12(29-15)9-28-18-16(22)13(20)6-14(21)17(18)23/h4-7H,8-9H2,1-3H3. The summed E-state index contributed by atoms with van der Waals surface area (Å²) in [6.45, 7) is 1.63. The second-order valence-corrected chi connectivity index (χ2v) is 6.39. The molecule has 1 amide bonds. The van der Waals surface area contributed by atoms with Gasteiger partial charge in [0.25, 0.3) is 5.91 Å². The number of halogens is 4. The van der Waals surface area contributed by atoms with Crippen molar-refractivity contribution in [2.45, 2.75) is 20.1 Å². The minimum Gasteiger partial charge on any atom is -0.479 e. The van der Waals surface area contributed by atoms with E-state index in [0.717, 1.165) is 11.3 Å². The zero-order valence-corrected chi connectivity index (χ0v) is 15.8. The Bertz CT molecular complexity index is 1040. The maximum Gasteiger partial charge on any atom is 0.289 e. The lowest BCUT2D eigenvalue weighted by molar-refractivity contribution is 0.0748. The van der Waals surface area contributed by atoms with Gasteiger partial charge in [-0.05, 0) is 19.1 Å². The molecule has 154 valence electrons. The van der Waals surface area contributed by atoms with Crippen molar-refractivity contribution < 1.29 is 31.5 Å². The topological polar surface area (TPSA) is 60.5 Å². The minimum absolute atomic E-state index is 0.0287. The lowest BCUT2D eigenvalue weighted by Crippen LogP contribution is -2.26. The van der Waals surface area contributed by atoms with Crippen LogP contribution in [0.2, 0.25) is 0 Å². The molecule has 0 aliphatic heterocycles. The van der Waals surface area contributed by atoms with Gasteiger partial charge in [-0.2, -0.15) is 13.9 Å². The summed E-state index contributed by atoms with van der Waals surface area (Å²) in [7, 11) is 3.36. The van der Waals surface area contributed by atoms with Crippen molar-refractivity contribution in [2.24, 2.45) is 7.05 Å². The molecule has 10 heteroatoms. The third-order valence-corrected chi connectivity index (χ3v) is 4.39. The third-order valence-electron chi connectivity index (χ3n) is 4.39. The highest BCUT2D eigenvalue weighted by Gasteiger charge is 2.22. The Hall–Kier alpha value is -3.30. The summed E-state index contributed by atoms with van der Waals surface area (Å²) >= 11 is 0. The third kappa shape index (κ3) is 4.10. The number of aromatic nitrogens is 2. The van der Waals surface area contributed by atoms with Gasteiger partial charge in [0.05, 0.1) is 6.20 Å². The van der Waals surface area contributed by atoms with Crippen molar-refractivity contribution in [3.8, 4) is 5.75 Å². The molecule has 0 aliphatic rings. The van der Waals surface area contributed by atoms with E-state index in [-0.39, 0.29) is 17.6 Å². The summed E-state index contributed by atoms with van der Waals surface area (Å²) in [5.74, 6) is -8.09. The van der Waals surface area contributed by atoms with Crippen LogP contribution in [-0.2, 0) is 20.2 Å². The van der Waals surface area contributed by atoms with Gasteiger partial charge in [0.1, 0.15) is 12.4 Å². The van der Waals surface area contributed by atoms with E-state index in [1.54, 1.807) is 25.0 Å². The van der Waals surface area contributed by atoms with Crippen LogP contribution in [0.25, 0.3) is 0 Å². The maximum absolute atomic E-state index is 13.6. The number of hydrogen-bond acceptors (Lipinski definition) is 4. The fourth-order valence-electron chi connectivity index (χ4n) is 2.61. The molecule has 0 aliphatic carbocycles. The Morgan fingerprint density at radius 2 is 1.86 bits per heavy atom. The second-order valence-electron chi connectivity index (χ2n) is 6.39. The largest absolute Gasteiger partial charge is 0.479 e. The highest BCUT2D eigenvalue weighted by molar-refractivity contribution is 5.91. The molecular formula is C19H17F4N3O3. The lowest BCUT2D eigenvalue weighted by Gasteiger charge is -2.15. The van der Waals surface area contributed by atoms with E-state index in [1.165, 1.54) is 17.0 Å². The van der Waals surface area contributed by atoms with Crippen molar-refractivity contribution >= 4 is 5.91 Å². The molecule has 6 nitrogen and oxygen atoms in total. The number of carbonyl (C=O) groups is 1. The first kappa shape index (κ1) is 20.4. The van der Waals surface area contributed by atoms with Crippen molar-refractivity contribution in [3.63, 3.8) is 0 Å². The van der Waals surface area contributed by atoms with E-state index in [0.29, 0.717) is 6.54 Å². The molecule has 3 rings (SSSR count). The van der Waals surface area contributed by atoms with Gasteiger partial charge in [0.2, 0.25) is 11.6 Å². The maximum atomic E-state index is 13.6. The van der Waals surface area contributed by atoms with Gasteiger partial charge < -0.3 is 14.1 Å². The molecule has 0 bridgehead atoms.